The summed E-state index contributed by atoms with van der Waals surface area (Å²) in [5.74, 6) is 0.680. The molecule has 0 aromatic carbocycles. The second-order valence-corrected chi connectivity index (χ2v) is 4.39. The zero-order valence-corrected chi connectivity index (χ0v) is 8.77. The standard InChI is InChI=1S/C11H20N2/c1-3-10(2)7-11(8-12)5-4-6-13-9-11/h10,13H,3-7,9H2,1-2H3. The van der Waals surface area contributed by atoms with Gasteiger partial charge in [0.25, 0.3) is 0 Å². The van der Waals surface area contributed by atoms with Crippen LogP contribution >= 0.6 is 0 Å². The molecule has 0 aromatic rings. The van der Waals surface area contributed by atoms with E-state index < -0.39 is 0 Å². The van der Waals surface area contributed by atoms with E-state index in [1.54, 1.807) is 0 Å². The van der Waals surface area contributed by atoms with Gasteiger partial charge in [0, 0.05) is 6.54 Å². The molecular formula is C11H20N2. The summed E-state index contributed by atoms with van der Waals surface area (Å²) < 4.78 is 0. The van der Waals surface area contributed by atoms with Gasteiger partial charge in [-0.3, -0.25) is 0 Å². The van der Waals surface area contributed by atoms with Gasteiger partial charge in [-0.1, -0.05) is 20.3 Å². The van der Waals surface area contributed by atoms with E-state index in [4.69, 9.17) is 0 Å². The molecule has 1 aliphatic rings. The fourth-order valence-electron chi connectivity index (χ4n) is 2.09. The van der Waals surface area contributed by atoms with Crippen LogP contribution < -0.4 is 5.32 Å². The number of nitrogens with zero attached hydrogens (tertiary/aromatic N) is 1. The van der Waals surface area contributed by atoms with Crippen molar-refractivity contribution in [3.05, 3.63) is 0 Å². The van der Waals surface area contributed by atoms with E-state index in [9.17, 15) is 5.26 Å². The summed E-state index contributed by atoms with van der Waals surface area (Å²) in [5, 5.41) is 12.5. The topological polar surface area (TPSA) is 35.8 Å². The Hall–Kier alpha value is -0.550. The highest BCUT2D eigenvalue weighted by molar-refractivity contribution is 5.02. The van der Waals surface area contributed by atoms with Gasteiger partial charge >= 0.3 is 0 Å². The molecule has 13 heavy (non-hydrogen) atoms. The minimum absolute atomic E-state index is 0.0618. The first-order valence-electron chi connectivity index (χ1n) is 5.34. The van der Waals surface area contributed by atoms with Crippen molar-refractivity contribution in [2.75, 3.05) is 13.1 Å². The second kappa shape index (κ2) is 4.62. The van der Waals surface area contributed by atoms with Crippen molar-refractivity contribution in [3.8, 4) is 6.07 Å². The van der Waals surface area contributed by atoms with Crippen LogP contribution in [0.25, 0.3) is 0 Å². The third-order valence-corrected chi connectivity index (χ3v) is 3.15. The Morgan fingerprint density at radius 2 is 2.38 bits per heavy atom. The molecule has 1 rings (SSSR count). The predicted octanol–water partition coefficient (Wildman–Crippen LogP) is 2.32. The minimum Gasteiger partial charge on any atom is -0.315 e. The third kappa shape index (κ3) is 2.70. The normalized spacial score (nSPS) is 30.8. The van der Waals surface area contributed by atoms with Crippen LogP contribution in [-0.4, -0.2) is 13.1 Å². The Morgan fingerprint density at radius 3 is 2.85 bits per heavy atom. The van der Waals surface area contributed by atoms with Gasteiger partial charge in [-0.05, 0) is 31.7 Å². The molecule has 2 unspecified atom stereocenters. The molecule has 1 N–H and O–H groups in total. The Morgan fingerprint density at radius 1 is 1.62 bits per heavy atom. The van der Waals surface area contributed by atoms with Crippen molar-refractivity contribution in [2.45, 2.75) is 39.5 Å². The smallest absolute Gasteiger partial charge is 0.0703 e. The highest BCUT2D eigenvalue weighted by Crippen LogP contribution is 2.33. The monoisotopic (exact) mass is 180 g/mol. The number of piperidine rings is 1. The first-order valence-corrected chi connectivity index (χ1v) is 5.34. The van der Waals surface area contributed by atoms with E-state index in [2.05, 4.69) is 25.2 Å². The van der Waals surface area contributed by atoms with Gasteiger partial charge in [0.2, 0.25) is 0 Å². The van der Waals surface area contributed by atoms with Crippen LogP contribution in [0.4, 0.5) is 0 Å². The van der Waals surface area contributed by atoms with Crippen molar-refractivity contribution < 1.29 is 0 Å². The fourth-order valence-corrected chi connectivity index (χ4v) is 2.09. The summed E-state index contributed by atoms with van der Waals surface area (Å²) in [6.07, 6.45) is 4.49. The Bertz CT molecular complexity index is 187. The van der Waals surface area contributed by atoms with Gasteiger partial charge in [-0.2, -0.15) is 5.26 Å². The molecule has 74 valence electrons. The number of hydrogen-bond donors (Lipinski definition) is 1. The molecule has 1 heterocycles. The summed E-state index contributed by atoms with van der Waals surface area (Å²) in [7, 11) is 0. The zero-order valence-electron chi connectivity index (χ0n) is 8.77. The highest BCUT2D eigenvalue weighted by atomic mass is 14.9. The van der Waals surface area contributed by atoms with E-state index >= 15 is 0 Å². The zero-order chi connectivity index (χ0) is 9.73. The van der Waals surface area contributed by atoms with Gasteiger partial charge < -0.3 is 5.32 Å². The van der Waals surface area contributed by atoms with Crippen LogP contribution in [0.1, 0.15) is 39.5 Å². The largest absolute Gasteiger partial charge is 0.315 e. The molecule has 0 spiro atoms. The van der Waals surface area contributed by atoms with Gasteiger partial charge in [0.15, 0.2) is 0 Å². The van der Waals surface area contributed by atoms with Gasteiger partial charge in [0.05, 0.1) is 11.5 Å². The van der Waals surface area contributed by atoms with E-state index in [-0.39, 0.29) is 5.41 Å². The molecule has 1 aliphatic heterocycles. The summed E-state index contributed by atoms with van der Waals surface area (Å²) >= 11 is 0. The van der Waals surface area contributed by atoms with Crippen molar-refractivity contribution in [2.24, 2.45) is 11.3 Å². The lowest BCUT2D eigenvalue weighted by molar-refractivity contribution is 0.230. The second-order valence-electron chi connectivity index (χ2n) is 4.39. The molecule has 0 aromatic heterocycles. The van der Waals surface area contributed by atoms with E-state index in [1.807, 2.05) is 0 Å². The van der Waals surface area contributed by atoms with Crippen molar-refractivity contribution in [1.29, 1.82) is 5.26 Å². The molecule has 2 nitrogen and oxygen atoms in total. The Kier molecular flexibility index (Phi) is 3.74. The molecule has 1 fully saturated rings. The first kappa shape index (κ1) is 10.5. The number of nitriles is 1. The molecule has 0 amide bonds. The maximum absolute atomic E-state index is 9.20. The van der Waals surface area contributed by atoms with Crippen molar-refractivity contribution in [3.63, 3.8) is 0 Å². The van der Waals surface area contributed by atoms with Crippen LogP contribution in [0.3, 0.4) is 0 Å². The van der Waals surface area contributed by atoms with Crippen LogP contribution in [0, 0.1) is 22.7 Å². The quantitative estimate of drug-likeness (QED) is 0.723. The van der Waals surface area contributed by atoms with Crippen LogP contribution in [0.15, 0.2) is 0 Å². The lowest BCUT2D eigenvalue weighted by atomic mass is 9.75. The number of nitrogens with one attached hydrogen (secondary N) is 1. The van der Waals surface area contributed by atoms with E-state index in [0.717, 1.165) is 32.4 Å². The predicted molar refractivity (Wildman–Crippen MR) is 54.2 cm³/mol. The average Bonchev–Trinajstić information content (AvgIpc) is 2.19. The molecule has 1 saturated heterocycles. The van der Waals surface area contributed by atoms with Gasteiger partial charge in [0.1, 0.15) is 0 Å². The van der Waals surface area contributed by atoms with E-state index in [0.29, 0.717) is 5.92 Å². The molecular weight excluding hydrogens is 160 g/mol. The molecule has 2 atom stereocenters. The lowest BCUT2D eigenvalue weighted by Crippen LogP contribution is -2.40. The Labute approximate surface area is 81.3 Å². The molecule has 0 aliphatic carbocycles. The SMILES string of the molecule is CCC(C)CC1(C#N)CCCNC1. The number of hydrogen-bond acceptors (Lipinski definition) is 2. The Balaban J connectivity index is 2.53. The van der Waals surface area contributed by atoms with Crippen LogP contribution in [0.2, 0.25) is 0 Å². The maximum Gasteiger partial charge on any atom is 0.0703 e. The first-order chi connectivity index (χ1) is 6.22. The fraction of sp³-hybridized carbons (Fsp3) is 0.909. The highest BCUT2D eigenvalue weighted by Gasteiger charge is 2.32. The van der Waals surface area contributed by atoms with E-state index in [1.165, 1.54) is 6.42 Å². The maximum atomic E-state index is 9.20. The molecule has 0 bridgehead atoms. The third-order valence-electron chi connectivity index (χ3n) is 3.15. The summed E-state index contributed by atoms with van der Waals surface area (Å²) in [4.78, 5) is 0. The molecule has 0 radical (unpaired) electrons. The average molecular weight is 180 g/mol. The van der Waals surface area contributed by atoms with Crippen LogP contribution in [0.5, 0.6) is 0 Å². The van der Waals surface area contributed by atoms with Crippen molar-refractivity contribution in [1.82, 2.24) is 5.32 Å². The minimum atomic E-state index is -0.0618. The summed E-state index contributed by atoms with van der Waals surface area (Å²) in [6, 6.07) is 2.52. The summed E-state index contributed by atoms with van der Waals surface area (Å²) in [6.45, 7) is 6.43. The molecule has 0 saturated carbocycles. The van der Waals surface area contributed by atoms with Gasteiger partial charge in [-0.15, -0.1) is 0 Å². The molecule has 2 heteroatoms. The van der Waals surface area contributed by atoms with Crippen molar-refractivity contribution >= 4 is 0 Å². The number of rotatable bonds is 3. The van der Waals surface area contributed by atoms with Gasteiger partial charge in [-0.25, -0.2) is 0 Å². The summed E-state index contributed by atoms with van der Waals surface area (Å²) in [5.41, 5.74) is -0.0618. The van der Waals surface area contributed by atoms with Crippen LogP contribution in [-0.2, 0) is 0 Å². The lowest BCUT2D eigenvalue weighted by Gasteiger charge is -2.33.